The topological polar surface area (TPSA) is 58.4 Å². The normalized spacial score (nSPS) is 17.9. The van der Waals surface area contributed by atoms with Gasteiger partial charge in [-0.3, -0.25) is 14.5 Å². The first-order valence-electron chi connectivity index (χ1n) is 14.0. The number of rotatable bonds is 5. The molecular formula is C33H32Cl2N4O2. The van der Waals surface area contributed by atoms with Crippen molar-refractivity contribution in [1.29, 1.82) is 0 Å². The molecule has 41 heavy (non-hydrogen) atoms. The molecule has 6 nitrogen and oxygen atoms in total. The zero-order valence-corrected chi connectivity index (χ0v) is 25.5. The number of benzene rings is 3. The average molecular weight is 588 g/mol. The van der Waals surface area contributed by atoms with Crippen LogP contribution in [0.2, 0.25) is 10.0 Å². The molecule has 2 aliphatic heterocycles. The summed E-state index contributed by atoms with van der Waals surface area (Å²) in [6.07, 6.45) is 0.806. The van der Waals surface area contributed by atoms with Crippen molar-refractivity contribution in [3.8, 4) is 11.4 Å². The molecule has 4 aromatic rings. The maximum Gasteiger partial charge on any atom is 0.280 e. The van der Waals surface area contributed by atoms with Crippen molar-refractivity contribution >= 4 is 46.4 Å². The summed E-state index contributed by atoms with van der Waals surface area (Å²) in [6.45, 7) is 12.1. The number of hydrogen-bond acceptors (Lipinski definition) is 3. The molecule has 8 heteroatoms. The first-order valence-corrected chi connectivity index (χ1v) is 14.7. The number of carbonyl (C=O) groups excluding carboxylic acids is 2. The van der Waals surface area contributed by atoms with E-state index in [-0.39, 0.29) is 29.6 Å². The van der Waals surface area contributed by atoms with Crippen LogP contribution in [-0.2, 0) is 16.8 Å². The van der Waals surface area contributed by atoms with Crippen LogP contribution in [0.5, 0.6) is 0 Å². The van der Waals surface area contributed by atoms with Crippen molar-refractivity contribution in [2.24, 2.45) is 0 Å². The fourth-order valence-corrected chi connectivity index (χ4v) is 6.84. The summed E-state index contributed by atoms with van der Waals surface area (Å²) in [6, 6.07) is 18.7. The fourth-order valence-electron chi connectivity index (χ4n) is 6.51. The summed E-state index contributed by atoms with van der Waals surface area (Å²) in [5, 5.41) is 0.995. The molecule has 210 valence electrons. The zero-order valence-electron chi connectivity index (χ0n) is 24.0. The van der Waals surface area contributed by atoms with Gasteiger partial charge in [-0.15, -0.1) is 0 Å². The van der Waals surface area contributed by atoms with Gasteiger partial charge in [-0.2, -0.15) is 0 Å². The van der Waals surface area contributed by atoms with Crippen LogP contribution < -0.4 is 9.80 Å². The van der Waals surface area contributed by atoms with Crippen LogP contribution in [0.25, 0.3) is 11.4 Å². The minimum Gasteiger partial charge on any atom is -0.322 e. The molecular weight excluding hydrogens is 555 g/mol. The Balaban J connectivity index is 1.78. The maximum absolute atomic E-state index is 15.1. The first-order chi connectivity index (χ1) is 19.5. The predicted molar refractivity (Wildman–Crippen MR) is 165 cm³/mol. The van der Waals surface area contributed by atoms with Crippen LogP contribution in [0.1, 0.15) is 73.5 Å². The fraction of sp³-hybridized carbons (Fsp3) is 0.303. The van der Waals surface area contributed by atoms with Crippen molar-refractivity contribution in [2.45, 2.75) is 65.6 Å². The van der Waals surface area contributed by atoms with Crippen LogP contribution in [0.4, 0.5) is 11.4 Å². The van der Waals surface area contributed by atoms with E-state index in [1.165, 1.54) is 0 Å². The van der Waals surface area contributed by atoms with E-state index < -0.39 is 5.54 Å². The Morgan fingerprint density at radius 2 is 1.54 bits per heavy atom. The third-order valence-corrected chi connectivity index (χ3v) is 8.69. The van der Waals surface area contributed by atoms with Crippen LogP contribution in [0, 0.1) is 6.92 Å². The maximum atomic E-state index is 15.1. The van der Waals surface area contributed by atoms with Crippen molar-refractivity contribution in [3.63, 3.8) is 0 Å². The molecule has 3 aromatic carbocycles. The minimum atomic E-state index is -1.50. The summed E-state index contributed by atoms with van der Waals surface area (Å²) in [4.78, 5) is 38.2. The molecule has 0 N–H and O–H groups in total. The monoisotopic (exact) mass is 586 g/mol. The van der Waals surface area contributed by atoms with Gasteiger partial charge in [-0.1, -0.05) is 66.5 Å². The smallest absolute Gasteiger partial charge is 0.280 e. The molecule has 1 aromatic heterocycles. The lowest BCUT2D eigenvalue weighted by molar-refractivity contribution is -0.122. The lowest BCUT2D eigenvalue weighted by Crippen LogP contribution is -2.54. The number of hydrogen-bond donors (Lipinski definition) is 0. The van der Waals surface area contributed by atoms with Crippen LogP contribution in [0.15, 0.2) is 60.7 Å². The van der Waals surface area contributed by atoms with Gasteiger partial charge in [0.2, 0.25) is 0 Å². The second-order valence-corrected chi connectivity index (χ2v) is 12.2. The van der Waals surface area contributed by atoms with Gasteiger partial charge in [0.05, 0.1) is 17.1 Å². The number of aromatic nitrogens is 2. The summed E-state index contributed by atoms with van der Waals surface area (Å²) in [5.41, 5.74) is 4.22. The van der Waals surface area contributed by atoms with Gasteiger partial charge >= 0.3 is 0 Å². The van der Waals surface area contributed by atoms with E-state index in [2.05, 4.69) is 31.4 Å². The molecule has 6 rings (SSSR count). The first kappa shape index (κ1) is 27.6. The quantitative estimate of drug-likeness (QED) is 0.238. The molecule has 2 amide bonds. The number of fused-ring (bicyclic) bond motifs is 4. The van der Waals surface area contributed by atoms with Crippen LogP contribution in [-0.4, -0.2) is 27.4 Å². The number of amides is 2. The second-order valence-electron chi connectivity index (χ2n) is 11.3. The number of aryl methyl sites for hydroxylation is 2. The summed E-state index contributed by atoms with van der Waals surface area (Å²) < 4.78 is 2.09. The highest BCUT2D eigenvalue weighted by atomic mass is 35.5. The van der Waals surface area contributed by atoms with Crippen molar-refractivity contribution in [1.82, 2.24) is 9.55 Å². The Hall–Kier alpha value is -3.61. The molecule has 0 bridgehead atoms. The molecule has 0 fully saturated rings. The number of carbonyl (C=O) groups is 2. The van der Waals surface area contributed by atoms with Crippen molar-refractivity contribution in [2.75, 3.05) is 9.80 Å². The number of halogens is 2. The highest BCUT2D eigenvalue weighted by Crippen LogP contribution is 2.57. The Morgan fingerprint density at radius 1 is 0.878 bits per heavy atom. The Labute approximate surface area is 250 Å². The Morgan fingerprint density at radius 3 is 2.20 bits per heavy atom. The third-order valence-electron chi connectivity index (χ3n) is 8.22. The minimum absolute atomic E-state index is 0.104. The van der Waals surface area contributed by atoms with Gasteiger partial charge in [0.1, 0.15) is 5.82 Å². The molecule has 0 radical (unpaired) electrons. The van der Waals surface area contributed by atoms with Crippen molar-refractivity contribution < 1.29 is 9.59 Å². The van der Waals surface area contributed by atoms with Gasteiger partial charge in [0.25, 0.3) is 11.8 Å². The van der Waals surface area contributed by atoms with Gasteiger partial charge in [0, 0.05) is 33.3 Å². The number of anilines is 2. The van der Waals surface area contributed by atoms with Crippen LogP contribution in [0.3, 0.4) is 0 Å². The second kappa shape index (κ2) is 9.74. The molecule has 2 aliphatic rings. The largest absolute Gasteiger partial charge is 0.322 e. The van der Waals surface area contributed by atoms with Crippen LogP contribution >= 0.6 is 23.2 Å². The molecule has 1 spiro atoms. The van der Waals surface area contributed by atoms with Gasteiger partial charge in [-0.25, -0.2) is 4.98 Å². The lowest BCUT2D eigenvalue weighted by Gasteiger charge is -2.37. The van der Waals surface area contributed by atoms with E-state index in [4.69, 9.17) is 28.2 Å². The molecule has 0 saturated heterocycles. The van der Waals surface area contributed by atoms with Gasteiger partial charge < -0.3 is 9.47 Å². The Bertz CT molecular complexity index is 1740. The van der Waals surface area contributed by atoms with Gasteiger partial charge in [0.15, 0.2) is 11.2 Å². The SMILES string of the molecule is CCc1ccccc1-c1nc2c(n1C(C)C)[C@]1(C(=O)N(C(C)C)c3cc(Cl)ccc31)N(c1cc(Cl)ccc1C)C2=O. The van der Waals surface area contributed by atoms with Gasteiger partial charge in [-0.05, 0) is 76.4 Å². The van der Waals surface area contributed by atoms with E-state index in [1.54, 1.807) is 28.0 Å². The number of imidazole rings is 1. The molecule has 0 aliphatic carbocycles. The predicted octanol–water partition coefficient (Wildman–Crippen LogP) is 7.97. The molecule has 0 saturated carbocycles. The third kappa shape index (κ3) is 3.73. The molecule has 1 atom stereocenters. The summed E-state index contributed by atoms with van der Waals surface area (Å²) >= 11 is 13.0. The summed E-state index contributed by atoms with van der Waals surface area (Å²) in [5.74, 6) is 0.136. The van der Waals surface area contributed by atoms with E-state index in [0.29, 0.717) is 38.5 Å². The lowest BCUT2D eigenvalue weighted by atomic mass is 9.86. The van der Waals surface area contributed by atoms with E-state index in [9.17, 15) is 4.79 Å². The highest BCUT2D eigenvalue weighted by molar-refractivity contribution is 6.32. The van der Waals surface area contributed by atoms with E-state index >= 15 is 4.79 Å². The number of nitrogens with zero attached hydrogens (tertiary/aromatic N) is 4. The summed E-state index contributed by atoms with van der Waals surface area (Å²) in [7, 11) is 0. The zero-order chi connectivity index (χ0) is 29.4. The standard InChI is InChI=1S/C33H32Cl2N4O2/c1-7-21-10-8-9-11-24(21)30-36-28-29(38(30)19(4)5)33(39(31(28)40)26-16-22(34)13-12-20(26)6)25-15-14-23(35)17-27(25)37(18(2)3)32(33)41/h8-19H,7H2,1-6H3/t33-/m1/s1. The highest BCUT2D eigenvalue weighted by Gasteiger charge is 2.66. The Kier molecular flexibility index (Phi) is 6.55. The average Bonchev–Trinajstić information content (AvgIpc) is 3.52. The molecule has 0 unspecified atom stereocenters. The van der Waals surface area contributed by atoms with Crippen molar-refractivity contribution in [3.05, 3.63) is 98.8 Å². The van der Waals surface area contributed by atoms with E-state index in [0.717, 1.165) is 23.1 Å². The van der Waals surface area contributed by atoms with E-state index in [1.807, 2.05) is 57.2 Å². The molecule has 3 heterocycles.